The highest BCUT2D eigenvalue weighted by atomic mass is 19.1. The Morgan fingerprint density at radius 2 is 1.81 bits per heavy atom. The molecule has 1 aliphatic heterocycles. The van der Waals surface area contributed by atoms with E-state index in [1.807, 2.05) is 30.3 Å². The molecular weight excluding hydrogens is 413 g/mol. The van der Waals surface area contributed by atoms with Crippen molar-refractivity contribution in [3.8, 4) is 22.8 Å². The summed E-state index contributed by atoms with van der Waals surface area (Å²) < 4.78 is 23.0. The number of aromatic nitrogens is 4. The number of halogens is 1. The second-order valence-electron chi connectivity index (χ2n) is 7.17. The Morgan fingerprint density at radius 3 is 2.59 bits per heavy atom. The molecule has 160 valence electrons. The number of para-hydroxylation sites is 1. The molecule has 5 rings (SSSR count). The van der Waals surface area contributed by atoms with Gasteiger partial charge < -0.3 is 9.64 Å². The minimum atomic E-state index is -0.569. The summed E-state index contributed by atoms with van der Waals surface area (Å²) in [6, 6.07) is 16.8. The standard InChI is InChI=1S/C23H18FN5O3/c24-18-14-17(27-12-13-32-15-22(27)31)6-7-19(18)28-11-9-21(30)23(26-28)20-8-10-25-29(20)16-4-2-1-3-5-16/h1-11,14H,12-13,15H2. The van der Waals surface area contributed by atoms with Crippen molar-refractivity contribution >= 4 is 11.6 Å². The molecule has 0 aliphatic carbocycles. The average Bonchev–Trinajstić information content (AvgIpc) is 3.30. The van der Waals surface area contributed by atoms with Crippen LogP contribution in [0, 0.1) is 5.82 Å². The van der Waals surface area contributed by atoms with Gasteiger partial charge in [-0.2, -0.15) is 10.2 Å². The lowest BCUT2D eigenvalue weighted by molar-refractivity contribution is -0.125. The van der Waals surface area contributed by atoms with E-state index in [-0.39, 0.29) is 29.3 Å². The topological polar surface area (TPSA) is 82.3 Å². The second kappa shape index (κ2) is 8.20. The van der Waals surface area contributed by atoms with Crippen LogP contribution in [0.2, 0.25) is 0 Å². The Balaban J connectivity index is 1.54. The minimum Gasteiger partial charge on any atom is -0.370 e. The number of amides is 1. The first-order valence-electron chi connectivity index (χ1n) is 10.00. The van der Waals surface area contributed by atoms with Gasteiger partial charge in [-0.3, -0.25) is 9.59 Å². The van der Waals surface area contributed by atoms with Gasteiger partial charge in [0.1, 0.15) is 12.3 Å². The van der Waals surface area contributed by atoms with Crippen molar-refractivity contribution in [1.29, 1.82) is 0 Å². The highest BCUT2D eigenvalue weighted by Gasteiger charge is 2.21. The Bertz CT molecular complexity index is 1350. The third-order valence-corrected chi connectivity index (χ3v) is 5.17. The van der Waals surface area contributed by atoms with E-state index in [9.17, 15) is 9.59 Å². The van der Waals surface area contributed by atoms with Gasteiger partial charge >= 0.3 is 0 Å². The first-order chi connectivity index (χ1) is 15.6. The highest BCUT2D eigenvalue weighted by Crippen LogP contribution is 2.23. The molecule has 1 amide bonds. The number of morpholine rings is 1. The van der Waals surface area contributed by atoms with Crippen LogP contribution in [0.25, 0.3) is 22.8 Å². The van der Waals surface area contributed by atoms with Crippen LogP contribution in [0.3, 0.4) is 0 Å². The predicted molar refractivity (Wildman–Crippen MR) is 116 cm³/mol. The van der Waals surface area contributed by atoms with Crippen LogP contribution in [-0.4, -0.2) is 45.2 Å². The maximum Gasteiger partial charge on any atom is 0.253 e. The van der Waals surface area contributed by atoms with E-state index in [1.165, 1.54) is 34.0 Å². The summed E-state index contributed by atoms with van der Waals surface area (Å²) in [6.07, 6.45) is 2.99. The normalized spacial score (nSPS) is 14.0. The molecule has 8 nitrogen and oxygen atoms in total. The molecule has 0 bridgehead atoms. The molecule has 4 aromatic rings. The van der Waals surface area contributed by atoms with Crippen molar-refractivity contribution in [2.24, 2.45) is 0 Å². The zero-order valence-corrected chi connectivity index (χ0v) is 16.9. The largest absolute Gasteiger partial charge is 0.370 e. The lowest BCUT2D eigenvalue weighted by atomic mass is 10.2. The molecule has 1 saturated heterocycles. The monoisotopic (exact) mass is 431 g/mol. The SMILES string of the molecule is O=C1COCCN1c1ccc(-n2ccc(=O)c(-c3ccnn3-c3ccccc3)n2)c(F)c1. The molecule has 1 fully saturated rings. The summed E-state index contributed by atoms with van der Waals surface area (Å²) in [6.45, 7) is 0.736. The molecule has 0 atom stereocenters. The molecule has 0 saturated carbocycles. The molecule has 0 spiro atoms. The van der Waals surface area contributed by atoms with Gasteiger partial charge in [-0.15, -0.1) is 0 Å². The van der Waals surface area contributed by atoms with Gasteiger partial charge in [0.05, 0.1) is 24.2 Å². The van der Waals surface area contributed by atoms with Gasteiger partial charge in [-0.05, 0) is 36.4 Å². The third kappa shape index (κ3) is 3.58. The van der Waals surface area contributed by atoms with Crippen LogP contribution >= 0.6 is 0 Å². The van der Waals surface area contributed by atoms with Gasteiger partial charge in [0.25, 0.3) is 5.91 Å². The fraction of sp³-hybridized carbons (Fsp3) is 0.130. The zero-order valence-electron chi connectivity index (χ0n) is 16.9. The van der Waals surface area contributed by atoms with Gasteiger partial charge in [0.2, 0.25) is 5.43 Å². The Hall–Kier alpha value is -4.11. The van der Waals surface area contributed by atoms with Gasteiger partial charge in [0, 0.05) is 24.5 Å². The molecule has 0 N–H and O–H groups in total. The summed E-state index contributed by atoms with van der Waals surface area (Å²) >= 11 is 0. The first-order valence-corrected chi connectivity index (χ1v) is 10.00. The Labute approximate surface area is 182 Å². The fourth-order valence-corrected chi connectivity index (χ4v) is 3.62. The van der Waals surface area contributed by atoms with Crippen LogP contribution in [0.4, 0.5) is 10.1 Å². The number of benzene rings is 2. The molecule has 3 heterocycles. The van der Waals surface area contributed by atoms with Crippen molar-refractivity contribution in [3.05, 3.63) is 89.1 Å². The van der Waals surface area contributed by atoms with E-state index in [1.54, 1.807) is 23.0 Å². The lowest BCUT2D eigenvalue weighted by Crippen LogP contribution is -2.41. The van der Waals surface area contributed by atoms with Gasteiger partial charge in [0.15, 0.2) is 11.5 Å². The Morgan fingerprint density at radius 1 is 0.969 bits per heavy atom. The van der Waals surface area contributed by atoms with Crippen LogP contribution in [0.5, 0.6) is 0 Å². The van der Waals surface area contributed by atoms with E-state index >= 15 is 4.39 Å². The number of nitrogens with zero attached hydrogens (tertiary/aromatic N) is 5. The fourth-order valence-electron chi connectivity index (χ4n) is 3.62. The molecule has 2 aromatic heterocycles. The zero-order chi connectivity index (χ0) is 22.1. The Kier molecular flexibility index (Phi) is 5.08. The van der Waals surface area contributed by atoms with Crippen molar-refractivity contribution in [1.82, 2.24) is 19.6 Å². The summed E-state index contributed by atoms with van der Waals surface area (Å²) in [7, 11) is 0. The van der Waals surface area contributed by atoms with E-state index < -0.39 is 5.82 Å². The van der Waals surface area contributed by atoms with Gasteiger partial charge in [-0.1, -0.05) is 18.2 Å². The quantitative estimate of drug-likeness (QED) is 0.496. The number of hydrogen-bond acceptors (Lipinski definition) is 5. The summed E-state index contributed by atoms with van der Waals surface area (Å²) in [4.78, 5) is 26.1. The van der Waals surface area contributed by atoms with E-state index in [4.69, 9.17) is 4.74 Å². The molecule has 32 heavy (non-hydrogen) atoms. The van der Waals surface area contributed by atoms with Crippen molar-refractivity contribution in [2.45, 2.75) is 0 Å². The molecule has 2 aromatic carbocycles. The smallest absolute Gasteiger partial charge is 0.253 e. The number of rotatable bonds is 4. The summed E-state index contributed by atoms with van der Waals surface area (Å²) in [5, 5.41) is 8.69. The third-order valence-electron chi connectivity index (χ3n) is 5.17. The molecule has 0 radical (unpaired) electrons. The summed E-state index contributed by atoms with van der Waals surface area (Å²) in [5.41, 5.74) is 1.70. The van der Waals surface area contributed by atoms with Crippen LogP contribution in [0.15, 0.2) is 77.9 Å². The van der Waals surface area contributed by atoms with E-state index in [0.29, 0.717) is 24.5 Å². The van der Waals surface area contributed by atoms with Gasteiger partial charge in [-0.25, -0.2) is 13.8 Å². The molecular formula is C23H18FN5O3. The van der Waals surface area contributed by atoms with Crippen LogP contribution in [-0.2, 0) is 9.53 Å². The number of anilines is 1. The number of carbonyl (C=O) groups is 1. The van der Waals surface area contributed by atoms with Crippen LogP contribution < -0.4 is 10.3 Å². The molecule has 0 unspecified atom stereocenters. The minimum absolute atomic E-state index is 0.0247. The highest BCUT2D eigenvalue weighted by molar-refractivity contribution is 5.94. The number of ether oxygens (including phenoxy) is 1. The molecule has 9 heteroatoms. The van der Waals surface area contributed by atoms with E-state index in [0.717, 1.165) is 5.69 Å². The maximum atomic E-state index is 15.0. The van der Waals surface area contributed by atoms with Crippen molar-refractivity contribution < 1.29 is 13.9 Å². The maximum absolute atomic E-state index is 15.0. The second-order valence-corrected chi connectivity index (χ2v) is 7.17. The predicted octanol–water partition coefficient (Wildman–Crippen LogP) is 2.59. The molecule has 1 aliphatic rings. The van der Waals surface area contributed by atoms with Crippen molar-refractivity contribution in [2.75, 3.05) is 24.7 Å². The average molecular weight is 431 g/mol. The number of hydrogen-bond donors (Lipinski definition) is 0. The number of carbonyl (C=O) groups excluding carboxylic acids is 1. The van der Waals surface area contributed by atoms with Crippen LogP contribution in [0.1, 0.15) is 0 Å². The van der Waals surface area contributed by atoms with Crippen molar-refractivity contribution in [3.63, 3.8) is 0 Å². The summed E-state index contributed by atoms with van der Waals surface area (Å²) in [5.74, 6) is -0.790. The lowest BCUT2D eigenvalue weighted by Gasteiger charge is -2.27. The van der Waals surface area contributed by atoms with E-state index in [2.05, 4.69) is 10.2 Å². The first kappa shape index (κ1) is 19.8.